The molecule has 1 atom stereocenters. The summed E-state index contributed by atoms with van der Waals surface area (Å²) >= 11 is 0. The van der Waals surface area contributed by atoms with Crippen molar-refractivity contribution in [3.05, 3.63) is 0 Å². The first-order chi connectivity index (χ1) is 9.97. The molecule has 1 N–H and O–H groups in total. The minimum Gasteiger partial charge on any atom is -0.356 e. The molecule has 0 aromatic carbocycles. The van der Waals surface area contributed by atoms with Crippen LogP contribution in [0, 0.1) is 11.8 Å². The first-order valence-corrected chi connectivity index (χ1v) is 8.23. The molecule has 21 heavy (non-hydrogen) atoms. The quantitative estimate of drug-likeness (QED) is 0.798. The number of carbonyl (C=O) groups is 2. The SMILES string of the molecule is CC(C)N(C)C(=O)CN1CCCC(C(=O)NCC2CC2)C1. The highest BCUT2D eigenvalue weighted by Crippen LogP contribution is 2.27. The van der Waals surface area contributed by atoms with Crippen LogP contribution in [0.5, 0.6) is 0 Å². The first-order valence-electron chi connectivity index (χ1n) is 8.23. The number of likely N-dealkylation sites (tertiary alicyclic amines) is 1. The smallest absolute Gasteiger partial charge is 0.236 e. The lowest BCUT2D eigenvalue weighted by Gasteiger charge is -2.33. The maximum Gasteiger partial charge on any atom is 0.236 e. The molecular formula is C16H29N3O2. The zero-order valence-electron chi connectivity index (χ0n) is 13.6. The second kappa shape index (κ2) is 7.25. The van der Waals surface area contributed by atoms with Crippen molar-refractivity contribution >= 4 is 11.8 Å². The van der Waals surface area contributed by atoms with E-state index in [1.54, 1.807) is 4.90 Å². The van der Waals surface area contributed by atoms with E-state index in [1.807, 2.05) is 20.9 Å². The Morgan fingerprint density at radius 1 is 1.29 bits per heavy atom. The van der Waals surface area contributed by atoms with Crippen molar-refractivity contribution < 1.29 is 9.59 Å². The number of nitrogens with one attached hydrogen (secondary N) is 1. The van der Waals surface area contributed by atoms with Gasteiger partial charge in [0, 0.05) is 26.2 Å². The topological polar surface area (TPSA) is 52.7 Å². The van der Waals surface area contributed by atoms with Gasteiger partial charge in [-0.1, -0.05) is 0 Å². The molecule has 5 heteroatoms. The Morgan fingerprint density at radius 3 is 2.62 bits per heavy atom. The lowest BCUT2D eigenvalue weighted by atomic mass is 9.97. The lowest BCUT2D eigenvalue weighted by Crippen LogP contribution is -2.48. The summed E-state index contributed by atoms with van der Waals surface area (Å²) in [6.45, 7) is 6.94. The number of nitrogens with zero attached hydrogens (tertiary/aromatic N) is 2. The van der Waals surface area contributed by atoms with Crippen LogP contribution >= 0.6 is 0 Å². The number of hydrogen-bond donors (Lipinski definition) is 1. The van der Waals surface area contributed by atoms with Gasteiger partial charge in [-0.2, -0.15) is 0 Å². The number of amides is 2. The van der Waals surface area contributed by atoms with Gasteiger partial charge in [0.05, 0.1) is 12.5 Å². The highest BCUT2D eigenvalue weighted by molar-refractivity contribution is 5.80. The van der Waals surface area contributed by atoms with Crippen LogP contribution in [-0.4, -0.2) is 60.9 Å². The standard InChI is InChI=1S/C16H29N3O2/c1-12(2)18(3)15(20)11-19-8-4-5-14(10-19)16(21)17-9-13-6-7-13/h12-14H,4-11H2,1-3H3,(H,17,21). The fourth-order valence-electron chi connectivity index (χ4n) is 2.72. The summed E-state index contributed by atoms with van der Waals surface area (Å²) in [6.07, 6.45) is 4.46. The van der Waals surface area contributed by atoms with E-state index in [9.17, 15) is 9.59 Å². The van der Waals surface area contributed by atoms with E-state index in [-0.39, 0.29) is 23.8 Å². The minimum absolute atomic E-state index is 0.0506. The Kier molecular flexibility index (Phi) is 5.62. The highest BCUT2D eigenvalue weighted by Gasteiger charge is 2.29. The number of piperidine rings is 1. The summed E-state index contributed by atoms with van der Waals surface area (Å²) < 4.78 is 0. The molecule has 1 heterocycles. The third kappa shape index (κ3) is 4.99. The van der Waals surface area contributed by atoms with Crippen LogP contribution in [0.3, 0.4) is 0 Å². The Morgan fingerprint density at radius 2 is 2.00 bits per heavy atom. The molecule has 120 valence electrons. The van der Waals surface area contributed by atoms with E-state index >= 15 is 0 Å². The zero-order valence-corrected chi connectivity index (χ0v) is 13.6. The average Bonchev–Trinajstić information content (AvgIpc) is 3.28. The van der Waals surface area contributed by atoms with Crippen LogP contribution in [0.2, 0.25) is 0 Å². The zero-order chi connectivity index (χ0) is 15.4. The van der Waals surface area contributed by atoms with Gasteiger partial charge >= 0.3 is 0 Å². The fraction of sp³-hybridized carbons (Fsp3) is 0.875. The molecule has 2 fully saturated rings. The Bertz CT molecular complexity index is 380. The molecule has 1 aliphatic heterocycles. The van der Waals surface area contributed by atoms with Crippen molar-refractivity contribution in [3.63, 3.8) is 0 Å². The highest BCUT2D eigenvalue weighted by atomic mass is 16.2. The van der Waals surface area contributed by atoms with Gasteiger partial charge in [-0.05, 0) is 52.0 Å². The van der Waals surface area contributed by atoms with Crippen LogP contribution in [0.15, 0.2) is 0 Å². The molecule has 2 amide bonds. The van der Waals surface area contributed by atoms with Crippen molar-refractivity contribution in [2.45, 2.75) is 45.6 Å². The molecule has 0 aromatic rings. The molecule has 0 radical (unpaired) electrons. The number of hydrogen-bond acceptors (Lipinski definition) is 3. The molecule has 0 aromatic heterocycles. The molecule has 1 saturated carbocycles. The molecule has 1 saturated heterocycles. The van der Waals surface area contributed by atoms with Crippen molar-refractivity contribution in [2.24, 2.45) is 11.8 Å². The number of likely N-dealkylation sites (N-methyl/N-ethyl adjacent to an activating group) is 1. The molecular weight excluding hydrogens is 266 g/mol. The molecule has 0 bridgehead atoms. The summed E-state index contributed by atoms with van der Waals surface area (Å²) in [5.41, 5.74) is 0. The predicted molar refractivity (Wildman–Crippen MR) is 82.8 cm³/mol. The normalized spacial score (nSPS) is 23.1. The summed E-state index contributed by atoms with van der Waals surface area (Å²) in [4.78, 5) is 28.2. The molecule has 2 aliphatic rings. The molecule has 5 nitrogen and oxygen atoms in total. The number of rotatable bonds is 6. The third-order valence-corrected chi connectivity index (χ3v) is 4.67. The fourth-order valence-corrected chi connectivity index (χ4v) is 2.72. The summed E-state index contributed by atoms with van der Waals surface area (Å²) in [6, 6.07) is 0.222. The average molecular weight is 295 g/mol. The first kappa shape index (κ1) is 16.3. The molecule has 1 aliphatic carbocycles. The number of carbonyl (C=O) groups excluding carboxylic acids is 2. The van der Waals surface area contributed by atoms with Gasteiger partial charge in [-0.25, -0.2) is 0 Å². The van der Waals surface area contributed by atoms with Crippen LogP contribution < -0.4 is 5.32 Å². The van der Waals surface area contributed by atoms with Gasteiger partial charge < -0.3 is 10.2 Å². The second-order valence-corrected chi connectivity index (χ2v) is 6.86. The predicted octanol–water partition coefficient (Wildman–Crippen LogP) is 1.09. The maximum atomic E-state index is 12.2. The molecule has 2 rings (SSSR count). The van der Waals surface area contributed by atoms with E-state index in [0.29, 0.717) is 13.1 Å². The Balaban J connectivity index is 1.76. The van der Waals surface area contributed by atoms with Crippen LogP contribution in [0.1, 0.15) is 39.5 Å². The lowest BCUT2D eigenvalue weighted by molar-refractivity contribution is -0.134. The van der Waals surface area contributed by atoms with E-state index in [2.05, 4.69) is 10.2 Å². The van der Waals surface area contributed by atoms with Crippen LogP contribution in [-0.2, 0) is 9.59 Å². The maximum absolute atomic E-state index is 12.2. The van der Waals surface area contributed by atoms with Gasteiger partial charge in [0.15, 0.2) is 0 Å². The van der Waals surface area contributed by atoms with E-state index in [0.717, 1.165) is 31.8 Å². The van der Waals surface area contributed by atoms with E-state index in [4.69, 9.17) is 0 Å². The summed E-state index contributed by atoms with van der Waals surface area (Å²) in [5.74, 6) is 1.09. The summed E-state index contributed by atoms with van der Waals surface area (Å²) in [5, 5.41) is 3.07. The van der Waals surface area contributed by atoms with Gasteiger partial charge in [-0.3, -0.25) is 14.5 Å². The largest absolute Gasteiger partial charge is 0.356 e. The van der Waals surface area contributed by atoms with Crippen molar-refractivity contribution in [1.29, 1.82) is 0 Å². The van der Waals surface area contributed by atoms with Crippen LogP contribution in [0.4, 0.5) is 0 Å². The van der Waals surface area contributed by atoms with Gasteiger partial charge in [0.25, 0.3) is 0 Å². The van der Waals surface area contributed by atoms with Gasteiger partial charge in [0.2, 0.25) is 11.8 Å². The van der Waals surface area contributed by atoms with Crippen molar-refractivity contribution in [3.8, 4) is 0 Å². The van der Waals surface area contributed by atoms with Crippen molar-refractivity contribution in [2.75, 3.05) is 33.2 Å². The monoisotopic (exact) mass is 295 g/mol. The Hall–Kier alpha value is -1.10. The molecule has 0 spiro atoms. The van der Waals surface area contributed by atoms with Gasteiger partial charge in [-0.15, -0.1) is 0 Å². The van der Waals surface area contributed by atoms with Crippen molar-refractivity contribution in [1.82, 2.24) is 15.1 Å². The van der Waals surface area contributed by atoms with Gasteiger partial charge in [0.1, 0.15) is 0 Å². The Labute approximate surface area is 128 Å². The second-order valence-electron chi connectivity index (χ2n) is 6.86. The molecule has 1 unspecified atom stereocenters. The van der Waals surface area contributed by atoms with Crippen LogP contribution in [0.25, 0.3) is 0 Å². The third-order valence-electron chi connectivity index (χ3n) is 4.67. The van der Waals surface area contributed by atoms with E-state index < -0.39 is 0 Å². The summed E-state index contributed by atoms with van der Waals surface area (Å²) in [7, 11) is 1.84. The minimum atomic E-state index is 0.0506. The van der Waals surface area contributed by atoms with E-state index in [1.165, 1.54) is 12.8 Å².